The molecule has 1 radical (unpaired) electrons. The number of thiol groups is 1. The Labute approximate surface area is 138 Å². The number of ether oxygens (including phenoxy) is 1. The molecular weight excluding hydrogens is 304 g/mol. The van der Waals surface area contributed by atoms with Crippen LogP contribution in [-0.4, -0.2) is 0 Å². The molecule has 3 heteroatoms. The van der Waals surface area contributed by atoms with Gasteiger partial charge in [0.05, 0.1) is 0 Å². The largest absolute Gasteiger partial charge is 0.456 e. The summed E-state index contributed by atoms with van der Waals surface area (Å²) >= 11 is -1.56. The van der Waals surface area contributed by atoms with Crippen LogP contribution in [0.25, 0.3) is 16.9 Å². The highest BCUT2D eigenvalue weighted by atomic mass is 32.2. The molecule has 3 aromatic carbocycles. The van der Waals surface area contributed by atoms with Crippen molar-refractivity contribution in [1.29, 1.82) is 0 Å². The van der Waals surface area contributed by atoms with Crippen molar-refractivity contribution < 1.29 is 9.29 Å². The van der Waals surface area contributed by atoms with Gasteiger partial charge in [-0.2, -0.15) is 4.55 Å². The van der Waals surface area contributed by atoms with Gasteiger partial charge in [-0.05, 0) is 35.4 Å². The Balaban J connectivity index is 1.68. The summed E-state index contributed by atoms with van der Waals surface area (Å²) < 4.78 is 18.3. The molecule has 0 N–H and O–H groups in total. The van der Waals surface area contributed by atoms with Crippen LogP contribution >= 0.6 is 11.2 Å². The average molecular weight is 319 g/mol. The molecule has 4 rings (SSSR count). The second-order valence-electron chi connectivity index (χ2n) is 5.33. The highest BCUT2D eigenvalue weighted by molar-refractivity contribution is 8.15. The van der Waals surface area contributed by atoms with E-state index in [1.807, 2.05) is 66.7 Å². The van der Waals surface area contributed by atoms with Crippen LogP contribution in [-0.2, 0) is 4.55 Å². The van der Waals surface area contributed by atoms with Crippen LogP contribution in [0.1, 0.15) is 5.56 Å². The minimum absolute atomic E-state index is 0.673. The van der Waals surface area contributed by atoms with Gasteiger partial charge in [0, 0.05) is 15.9 Å². The van der Waals surface area contributed by atoms with Crippen molar-refractivity contribution in [3.63, 3.8) is 0 Å². The maximum atomic E-state index is 12.4. The molecule has 1 unspecified atom stereocenters. The first-order chi connectivity index (χ1) is 11.3. The molecule has 0 spiro atoms. The lowest BCUT2D eigenvalue weighted by Gasteiger charge is -2.10. The van der Waals surface area contributed by atoms with Crippen LogP contribution < -0.4 is 4.74 Å². The maximum absolute atomic E-state index is 12.4. The molecule has 0 amide bonds. The third-order valence-corrected chi connectivity index (χ3v) is 5.13. The second-order valence-corrected chi connectivity index (χ2v) is 6.72. The number of rotatable bonds is 3. The zero-order valence-corrected chi connectivity index (χ0v) is 13.2. The van der Waals surface area contributed by atoms with Crippen LogP contribution in [0.4, 0.5) is 0 Å². The Kier molecular flexibility index (Phi) is 3.66. The van der Waals surface area contributed by atoms with Crippen molar-refractivity contribution in [2.24, 2.45) is 0 Å². The summed E-state index contributed by atoms with van der Waals surface area (Å²) in [4.78, 5) is 0.840. The van der Waals surface area contributed by atoms with Gasteiger partial charge in [0.1, 0.15) is 11.5 Å². The molecular formula is C20H15O2S. The lowest BCUT2D eigenvalue weighted by atomic mass is 10.0. The molecule has 1 heterocycles. The first-order valence-corrected chi connectivity index (χ1v) is 8.75. The Morgan fingerprint density at radius 3 is 2.17 bits per heavy atom. The van der Waals surface area contributed by atoms with Gasteiger partial charge in [0.2, 0.25) is 0 Å². The van der Waals surface area contributed by atoms with Gasteiger partial charge in [-0.15, -0.1) is 0 Å². The highest BCUT2D eigenvalue weighted by Gasteiger charge is 2.23. The molecule has 0 bridgehead atoms. The molecule has 23 heavy (non-hydrogen) atoms. The monoisotopic (exact) mass is 319 g/mol. The molecule has 0 saturated carbocycles. The van der Waals surface area contributed by atoms with Gasteiger partial charge < -0.3 is 4.74 Å². The molecule has 0 aliphatic carbocycles. The van der Waals surface area contributed by atoms with Crippen LogP contribution in [0, 0.1) is 0 Å². The van der Waals surface area contributed by atoms with E-state index in [1.54, 1.807) is 5.41 Å². The molecule has 1 aliphatic rings. The minimum Gasteiger partial charge on any atom is -0.456 e. The fraction of sp³-hybridized carbons (Fsp3) is 0. The lowest BCUT2D eigenvalue weighted by molar-refractivity contribution is 0.515. The third kappa shape index (κ3) is 2.77. The van der Waals surface area contributed by atoms with Gasteiger partial charge in [0.25, 0.3) is 0 Å². The van der Waals surface area contributed by atoms with Crippen molar-refractivity contribution in [2.45, 2.75) is 4.90 Å². The number of benzene rings is 3. The summed E-state index contributed by atoms with van der Waals surface area (Å²) in [5.74, 6) is 1.43. The van der Waals surface area contributed by atoms with E-state index in [1.165, 1.54) is 0 Å². The summed E-state index contributed by atoms with van der Waals surface area (Å²) in [6.07, 6.45) is 0. The Morgan fingerprint density at radius 1 is 0.739 bits per heavy atom. The van der Waals surface area contributed by atoms with E-state index in [2.05, 4.69) is 12.1 Å². The molecule has 1 atom stereocenters. The average Bonchev–Trinajstić information content (AvgIpc) is 2.92. The Bertz CT molecular complexity index is 857. The predicted molar refractivity (Wildman–Crippen MR) is 94.9 cm³/mol. The van der Waals surface area contributed by atoms with Gasteiger partial charge in [-0.3, -0.25) is 0 Å². The van der Waals surface area contributed by atoms with Crippen LogP contribution in [0.5, 0.6) is 5.75 Å². The summed E-state index contributed by atoms with van der Waals surface area (Å²) in [5, 5.41) is 1.71. The zero-order chi connectivity index (χ0) is 15.6. The van der Waals surface area contributed by atoms with Gasteiger partial charge >= 0.3 is 0 Å². The number of hydrogen-bond donors (Lipinski definition) is 1. The van der Waals surface area contributed by atoms with Crippen LogP contribution in [0.15, 0.2) is 89.2 Å². The van der Waals surface area contributed by atoms with Crippen LogP contribution in [0.3, 0.4) is 0 Å². The van der Waals surface area contributed by atoms with E-state index in [0.29, 0.717) is 5.76 Å². The summed E-state index contributed by atoms with van der Waals surface area (Å²) in [5.41, 5.74) is 3.10. The fourth-order valence-corrected chi connectivity index (χ4v) is 3.91. The van der Waals surface area contributed by atoms with E-state index >= 15 is 0 Å². The molecule has 3 aromatic rings. The van der Waals surface area contributed by atoms with Crippen molar-refractivity contribution >= 4 is 16.9 Å². The Hall–Kier alpha value is -2.49. The van der Waals surface area contributed by atoms with Gasteiger partial charge in [-0.25, -0.2) is 0 Å². The van der Waals surface area contributed by atoms with Crippen molar-refractivity contribution in [1.82, 2.24) is 0 Å². The third-order valence-electron chi connectivity index (χ3n) is 3.81. The van der Waals surface area contributed by atoms with Gasteiger partial charge in [-0.1, -0.05) is 65.8 Å². The van der Waals surface area contributed by atoms with E-state index < -0.39 is 11.2 Å². The summed E-state index contributed by atoms with van der Waals surface area (Å²) in [7, 11) is 0. The van der Waals surface area contributed by atoms with E-state index in [9.17, 15) is 4.55 Å². The molecule has 2 nitrogen and oxygen atoms in total. The van der Waals surface area contributed by atoms with Crippen molar-refractivity contribution in [3.05, 3.63) is 89.8 Å². The highest BCUT2D eigenvalue weighted by Crippen LogP contribution is 2.49. The lowest BCUT2D eigenvalue weighted by Crippen LogP contribution is -1.93. The van der Waals surface area contributed by atoms with Crippen LogP contribution in [0.2, 0.25) is 0 Å². The molecule has 0 fully saturated rings. The first kappa shape index (κ1) is 14.1. The van der Waals surface area contributed by atoms with Crippen molar-refractivity contribution in [2.75, 3.05) is 0 Å². The minimum atomic E-state index is -1.56. The summed E-state index contributed by atoms with van der Waals surface area (Å²) in [6.45, 7) is 0. The van der Waals surface area contributed by atoms with Crippen molar-refractivity contribution in [3.8, 4) is 16.9 Å². The normalized spacial score (nSPS) is 17.4. The zero-order valence-electron chi connectivity index (χ0n) is 12.3. The molecule has 113 valence electrons. The SMILES string of the molecule is [O][SH]1C=C(Oc2ccccc2)c2ccc(-c3ccccc3)cc21. The quantitative estimate of drug-likeness (QED) is 0.639. The smallest absolute Gasteiger partial charge is 0.142 e. The number of hydrogen-bond acceptors (Lipinski definition) is 1. The number of para-hydroxylation sites is 1. The van der Waals surface area contributed by atoms with E-state index in [-0.39, 0.29) is 0 Å². The second kappa shape index (κ2) is 5.95. The maximum Gasteiger partial charge on any atom is 0.142 e. The first-order valence-electron chi connectivity index (χ1n) is 7.42. The topological polar surface area (TPSA) is 29.1 Å². The molecule has 0 aromatic heterocycles. The standard InChI is InChI=1S/C20H15O2S/c21-23-14-19(22-17-9-5-2-6-10-17)18-12-11-16(13-20(18)23)15-7-3-1-4-8-15/h1-14,23H. The van der Waals surface area contributed by atoms with E-state index in [4.69, 9.17) is 4.74 Å². The predicted octanol–water partition coefficient (Wildman–Crippen LogP) is 5.45. The van der Waals surface area contributed by atoms with E-state index in [0.717, 1.165) is 27.3 Å². The van der Waals surface area contributed by atoms with Gasteiger partial charge in [0.15, 0.2) is 0 Å². The summed E-state index contributed by atoms with van der Waals surface area (Å²) in [6, 6.07) is 25.7. The Morgan fingerprint density at radius 2 is 1.43 bits per heavy atom. The number of fused-ring (bicyclic) bond motifs is 1. The molecule has 1 aliphatic heterocycles. The fourth-order valence-electron chi connectivity index (χ4n) is 2.67. The molecule has 0 saturated heterocycles.